The summed E-state index contributed by atoms with van der Waals surface area (Å²) >= 11 is 0. The molecule has 2 fully saturated rings. The molecule has 0 spiro atoms. The molecule has 33 heavy (non-hydrogen) atoms. The quantitative estimate of drug-likeness (QED) is 0.570. The molecule has 9 heteroatoms. The second-order valence-electron chi connectivity index (χ2n) is 8.27. The number of nitrogens with two attached hydrogens (primary N) is 1. The van der Waals surface area contributed by atoms with E-state index in [-0.39, 0.29) is 24.4 Å². The average molecular weight is 462 g/mol. The Kier molecular flexibility index (Phi) is 6.43. The number of pyridine rings is 3. The van der Waals surface area contributed by atoms with Gasteiger partial charge in [0, 0.05) is 24.5 Å². The van der Waals surface area contributed by atoms with Crippen molar-refractivity contribution >= 4 is 35.8 Å². The summed E-state index contributed by atoms with van der Waals surface area (Å²) in [4.78, 5) is 27.4. The molecule has 3 N–H and O–H groups in total. The molecular weight excluding hydrogens is 438 g/mol. The zero-order chi connectivity index (χ0) is 22.1. The third kappa shape index (κ3) is 4.89. The zero-order valence-electron chi connectivity index (χ0n) is 17.9. The molecule has 1 saturated heterocycles. The normalized spacial score (nSPS) is 17.2. The van der Waals surface area contributed by atoms with Crippen molar-refractivity contribution in [2.75, 3.05) is 16.8 Å². The summed E-state index contributed by atoms with van der Waals surface area (Å²) in [5, 5.41) is 12.4. The van der Waals surface area contributed by atoms with Crippen LogP contribution in [0.5, 0.6) is 0 Å². The number of anilines is 3. The molecule has 1 aliphatic carbocycles. The molecule has 5 rings (SSSR count). The van der Waals surface area contributed by atoms with E-state index in [0.717, 1.165) is 36.5 Å². The Morgan fingerprint density at radius 1 is 1.12 bits per heavy atom. The van der Waals surface area contributed by atoms with Crippen molar-refractivity contribution in [2.45, 2.75) is 37.6 Å². The number of rotatable bonds is 6. The van der Waals surface area contributed by atoms with E-state index in [4.69, 9.17) is 16.0 Å². The first kappa shape index (κ1) is 22.5. The van der Waals surface area contributed by atoms with Crippen molar-refractivity contribution in [3.63, 3.8) is 0 Å². The van der Waals surface area contributed by atoms with Gasteiger partial charge in [0.25, 0.3) is 0 Å². The van der Waals surface area contributed by atoms with E-state index < -0.39 is 0 Å². The number of aromatic nitrogens is 3. The molecule has 0 radical (unpaired) electrons. The van der Waals surface area contributed by atoms with Gasteiger partial charge in [-0.25, -0.2) is 15.0 Å². The summed E-state index contributed by atoms with van der Waals surface area (Å²) in [6.45, 7) is 0.776. The standard InChI is InChI=1S/C24H23N7O.ClH/c25-13-15-7-8-27-21(10-15)30-22-12-18(16-3-4-16)11-19(29-22)17-5-6-23(28-14-17)31-9-1-2-20(31)24(26)32;/h5-8,10-12,14,16,20H,1-4,9H2,(H2,26,32)(H,27,29,30);1H/t20-;/m1./s1. The summed E-state index contributed by atoms with van der Waals surface area (Å²) < 4.78 is 0. The molecule has 0 aromatic carbocycles. The number of amides is 1. The zero-order valence-corrected chi connectivity index (χ0v) is 18.8. The van der Waals surface area contributed by atoms with Crippen LogP contribution in [-0.2, 0) is 4.79 Å². The first-order valence-corrected chi connectivity index (χ1v) is 10.8. The minimum Gasteiger partial charge on any atom is -0.368 e. The summed E-state index contributed by atoms with van der Waals surface area (Å²) in [5.74, 6) is 2.25. The second-order valence-corrected chi connectivity index (χ2v) is 8.27. The monoisotopic (exact) mass is 461 g/mol. The molecule has 2 aliphatic rings. The average Bonchev–Trinajstić information content (AvgIpc) is 3.55. The maximum Gasteiger partial charge on any atom is 0.240 e. The minimum absolute atomic E-state index is 0. The number of hydrogen-bond acceptors (Lipinski definition) is 7. The molecule has 168 valence electrons. The van der Waals surface area contributed by atoms with E-state index in [9.17, 15) is 4.79 Å². The second kappa shape index (κ2) is 9.43. The fourth-order valence-electron chi connectivity index (χ4n) is 4.16. The van der Waals surface area contributed by atoms with Crippen molar-refractivity contribution < 1.29 is 4.79 Å². The van der Waals surface area contributed by atoms with Gasteiger partial charge in [-0.2, -0.15) is 5.26 Å². The molecule has 3 aromatic rings. The predicted octanol–water partition coefficient (Wildman–Crippen LogP) is 3.91. The Balaban J connectivity index is 0.00000259. The van der Waals surface area contributed by atoms with Crippen molar-refractivity contribution in [3.8, 4) is 17.3 Å². The summed E-state index contributed by atoms with van der Waals surface area (Å²) in [5.41, 5.74) is 9.03. The Hall–Kier alpha value is -3.70. The van der Waals surface area contributed by atoms with Crippen LogP contribution < -0.4 is 16.0 Å². The Labute approximate surface area is 198 Å². The smallest absolute Gasteiger partial charge is 0.240 e. The number of hydrogen-bond donors (Lipinski definition) is 2. The lowest BCUT2D eigenvalue weighted by molar-refractivity contribution is -0.119. The molecule has 4 heterocycles. The van der Waals surface area contributed by atoms with Gasteiger partial charge in [-0.1, -0.05) is 0 Å². The molecule has 1 aliphatic heterocycles. The lowest BCUT2D eigenvalue weighted by Crippen LogP contribution is -2.40. The fraction of sp³-hybridized carbons (Fsp3) is 0.292. The van der Waals surface area contributed by atoms with Gasteiger partial charge in [0.05, 0.1) is 17.3 Å². The van der Waals surface area contributed by atoms with Crippen LogP contribution in [0.1, 0.15) is 42.7 Å². The lowest BCUT2D eigenvalue weighted by atomic mass is 10.1. The molecule has 0 bridgehead atoms. The highest BCUT2D eigenvalue weighted by Gasteiger charge is 2.30. The van der Waals surface area contributed by atoms with E-state index in [2.05, 4.69) is 27.4 Å². The van der Waals surface area contributed by atoms with Crippen LogP contribution in [0, 0.1) is 11.3 Å². The van der Waals surface area contributed by atoms with Gasteiger partial charge >= 0.3 is 0 Å². The number of halogens is 1. The summed E-state index contributed by atoms with van der Waals surface area (Å²) in [7, 11) is 0. The molecule has 1 saturated carbocycles. The van der Waals surface area contributed by atoms with E-state index in [1.165, 1.54) is 18.4 Å². The van der Waals surface area contributed by atoms with E-state index >= 15 is 0 Å². The van der Waals surface area contributed by atoms with E-state index in [1.807, 2.05) is 23.1 Å². The van der Waals surface area contributed by atoms with Crippen molar-refractivity contribution in [1.82, 2.24) is 15.0 Å². The third-order valence-corrected chi connectivity index (χ3v) is 5.96. The number of carbonyl (C=O) groups is 1. The first-order valence-electron chi connectivity index (χ1n) is 10.8. The van der Waals surface area contributed by atoms with Crippen LogP contribution >= 0.6 is 12.4 Å². The third-order valence-electron chi connectivity index (χ3n) is 5.96. The number of primary amides is 1. The van der Waals surface area contributed by atoms with Crippen LogP contribution in [-0.4, -0.2) is 33.4 Å². The molecule has 8 nitrogen and oxygen atoms in total. The van der Waals surface area contributed by atoms with Crippen molar-refractivity contribution in [3.05, 3.63) is 59.9 Å². The van der Waals surface area contributed by atoms with Crippen LogP contribution in [0.25, 0.3) is 11.3 Å². The predicted molar refractivity (Wildman–Crippen MR) is 128 cm³/mol. The number of carbonyl (C=O) groups excluding carboxylic acids is 1. The Bertz CT molecular complexity index is 1200. The summed E-state index contributed by atoms with van der Waals surface area (Å²) in [6, 6.07) is 13.3. The molecule has 0 unspecified atom stereocenters. The Morgan fingerprint density at radius 3 is 2.67 bits per heavy atom. The van der Waals surface area contributed by atoms with Gasteiger partial charge in [0.15, 0.2) is 0 Å². The molecule has 1 amide bonds. The van der Waals surface area contributed by atoms with Gasteiger partial charge in [-0.15, -0.1) is 12.4 Å². The molecule has 3 aromatic heterocycles. The molecular formula is C24H24ClN7O. The largest absolute Gasteiger partial charge is 0.368 e. The maximum absolute atomic E-state index is 11.7. The minimum atomic E-state index is -0.308. The van der Waals surface area contributed by atoms with Crippen LogP contribution in [0.2, 0.25) is 0 Å². The van der Waals surface area contributed by atoms with E-state index in [0.29, 0.717) is 23.1 Å². The highest BCUT2D eigenvalue weighted by atomic mass is 35.5. The van der Waals surface area contributed by atoms with Crippen molar-refractivity contribution in [1.29, 1.82) is 5.26 Å². The highest BCUT2D eigenvalue weighted by molar-refractivity contribution is 5.85. The lowest BCUT2D eigenvalue weighted by Gasteiger charge is -2.23. The van der Waals surface area contributed by atoms with Crippen molar-refractivity contribution in [2.24, 2.45) is 5.73 Å². The fourth-order valence-corrected chi connectivity index (χ4v) is 4.16. The Morgan fingerprint density at radius 2 is 1.97 bits per heavy atom. The SMILES string of the molecule is Cl.N#Cc1ccnc(Nc2cc(C3CC3)cc(-c3ccc(N4CCC[C@@H]4C(N)=O)nc3)n2)c1. The van der Waals surface area contributed by atoms with E-state index in [1.54, 1.807) is 24.5 Å². The van der Waals surface area contributed by atoms with Gasteiger partial charge in [0.2, 0.25) is 5.91 Å². The van der Waals surface area contributed by atoms with Crippen LogP contribution in [0.15, 0.2) is 48.8 Å². The van der Waals surface area contributed by atoms with Gasteiger partial charge in [-0.3, -0.25) is 4.79 Å². The van der Waals surface area contributed by atoms with Gasteiger partial charge < -0.3 is 16.0 Å². The maximum atomic E-state index is 11.7. The number of nitrogens with one attached hydrogen (secondary N) is 1. The topological polar surface area (TPSA) is 121 Å². The molecule has 1 atom stereocenters. The number of nitrogens with zero attached hydrogens (tertiary/aromatic N) is 5. The highest BCUT2D eigenvalue weighted by Crippen LogP contribution is 2.42. The summed E-state index contributed by atoms with van der Waals surface area (Å²) in [6.07, 6.45) is 7.44. The van der Waals surface area contributed by atoms with Crippen LogP contribution in [0.3, 0.4) is 0 Å². The van der Waals surface area contributed by atoms with Gasteiger partial charge in [0.1, 0.15) is 23.5 Å². The van der Waals surface area contributed by atoms with Crippen LogP contribution in [0.4, 0.5) is 17.5 Å². The number of nitriles is 1. The first-order chi connectivity index (χ1) is 15.6. The van der Waals surface area contributed by atoms with Gasteiger partial charge in [-0.05, 0) is 73.6 Å².